The quantitative estimate of drug-likeness (QED) is 0.619. The van der Waals surface area contributed by atoms with Crippen LogP contribution in [0.3, 0.4) is 0 Å². The fourth-order valence-electron chi connectivity index (χ4n) is 1.37. The normalized spacial score (nSPS) is 12.5. The first kappa shape index (κ1) is 12.4. The molecular weight excluding hydrogens is 168 g/mol. The van der Waals surface area contributed by atoms with Crippen LogP contribution in [0.4, 0.5) is 0 Å². The van der Waals surface area contributed by atoms with E-state index >= 15 is 0 Å². The van der Waals surface area contributed by atoms with Crippen molar-refractivity contribution in [2.75, 3.05) is 13.7 Å². The van der Waals surface area contributed by atoms with Crippen molar-refractivity contribution in [3.05, 3.63) is 0 Å². The number of esters is 1. The second-order valence-electron chi connectivity index (χ2n) is 3.25. The van der Waals surface area contributed by atoms with E-state index < -0.39 is 0 Å². The van der Waals surface area contributed by atoms with Crippen molar-refractivity contribution in [1.82, 2.24) is 0 Å². The van der Waals surface area contributed by atoms with E-state index in [9.17, 15) is 4.79 Å². The maximum atomic E-state index is 10.8. The van der Waals surface area contributed by atoms with E-state index in [4.69, 9.17) is 5.11 Å². The average Bonchev–Trinajstić information content (AvgIpc) is 2.16. The highest BCUT2D eigenvalue weighted by molar-refractivity contribution is 5.68. The Morgan fingerprint density at radius 2 is 2.15 bits per heavy atom. The van der Waals surface area contributed by atoms with Crippen molar-refractivity contribution in [3.8, 4) is 0 Å². The molecule has 1 N–H and O–H groups in total. The molecular formula is C10H20O3. The van der Waals surface area contributed by atoms with Gasteiger partial charge in [0.1, 0.15) is 0 Å². The summed E-state index contributed by atoms with van der Waals surface area (Å²) in [4.78, 5) is 10.8. The first-order valence-electron chi connectivity index (χ1n) is 4.92. The van der Waals surface area contributed by atoms with Gasteiger partial charge in [0.15, 0.2) is 0 Å². The molecule has 0 bridgehead atoms. The van der Waals surface area contributed by atoms with Gasteiger partial charge in [-0.1, -0.05) is 13.3 Å². The molecule has 13 heavy (non-hydrogen) atoms. The SMILES string of the molecule is CC[C@H](CCO)CCCC(=O)OC. The maximum absolute atomic E-state index is 10.8. The summed E-state index contributed by atoms with van der Waals surface area (Å²) < 4.78 is 4.54. The lowest BCUT2D eigenvalue weighted by Gasteiger charge is -2.11. The molecule has 0 aromatic carbocycles. The Kier molecular flexibility index (Phi) is 7.69. The number of rotatable bonds is 7. The number of hydrogen-bond acceptors (Lipinski definition) is 3. The molecule has 0 aliphatic carbocycles. The lowest BCUT2D eigenvalue weighted by atomic mass is 9.96. The minimum absolute atomic E-state index is 0.140. The van der Waals surface area contributed by atoms with Gasteiger partial charge in [-0.05, 0) is 25.2 Å². The third-order valence-electron chi connectivity index (χ3n) is 2.34. The van der Waals surface area contributed by atoms with Crippen molar-refractivity contribution < 1.29 is 14.6 Å². The molecule has 0 saturated heterocycles. The zero-order valence-corrected chi connectivity index (χ0v) is 8.58. The van der Waals surface area contributed by atoms with Crippen molar-refractivity contribution >= 4 is 5.97 Å². The molecule has 0 saturated carbocycles. The molecule has 0 aliphatic heterocycles. The van der Waals surface area contributed by atoms with Crippen molar-refractivity contribution in [1.29, 1.82) is 0 Å². The molecule has 0 heterocycles. The summed E-state index contributed by atoms with van der Waals surface area (Å²) in [6.07, 6.45) is 4.29. The van der Waals surface area contributed by atoms with E-state index in [0.29, 0.717) is 12.3 Å². The molecule has 0 spiro atoms. The minimum Gasteiger partial charge on any atom is -0.469 e. The lowest BCUT2D eigenvalue weighted by molar-refractivity contribution is -0.140. The summed E-state index contributed by atoms with van der Waals surface area (Å²) >= 11 is 0. The molecule has 1 atom stereocenters. The summed E-state index contributed by atoms with van der Waals surface area (Å²) in [5.41, 5.74) is 0. The van der Waals surface area contributed by atoms with Crippen LogP contribution in [-0.4, -0.2) is 24.8 Å². The van der Waals surface area contributed by atoms with Crippen molar-refractivity contribution in [2.24, 2.45) is 5.92 Å². The number of aliphatic hydroxyl groups is 1. The van der Waals surface area contributed by atoms with Crippen LogP contribution < -0.4 is 0 Å². The van der Waals surface area contributed by atoms with Gasteiger partial charge in [-0.15, -0.1) is 0 Å². The van der Waals surface area contributed by atoms with Crippen LogP contribution in [0, 0.1) is 5.92 Å². The smallest absolute Gasteiger partial charge is 0.305 e. The highest BCUT2D eigenvalue weighted by atomic mass is 16.5. The first-order chi connectivity index (χ1) is 6.24. The maximum Gasteiger partial charge on any atom is 0.305 e. The number of carbonyl (C=O) groups excluding carboxylic acids is 1. The average molecular weight is 188 g/mol. The van der Waals surface area contributed by atoms with Gasteiger partial charge in [0, 0.05) is 13.0 Å². The Bertz CT molecular complexity index is 134. The number of ether oxygens (including phenoxy) is 1. The van der Waals surface area contributed by atoms with Crippen LogP contribution in [0.5, 0.6) is 0 Å². The van der Waals surface area contributed by atoms with Crippen molar-refractivity contribution in [3.63, 3.8) is 0 Å². The first-order valence-corrected chi connectivity index (χ1v) is 4.92. The van der Waals surface area contributed by atoms with Gasteiger partial charge >= 0.3 is 5.97 Å². The minimum atomic E-state index is -0.140. The van der Waals surface area contributed by atoms with E-state index in [0.717, 1.165) is 25.7 Å². The van der Waals surface area contributed by atoms with E-state index in [2.05, 4.69) is 11.7 Å². The second kappa shape index (κ2) is 8.05. The fraction of sp³-hybridized carbons (Fsp3) is 0.900. The fourth-order valence-corrected chi connectivity index (χ4v) is 1.37. The van der Waals surface area contributed by atoms with Crippen LogP contribution in [0.15, 0.2) is 0 Å². The van der Waals surface area contributed by atoms with Crippen LogP contribution in [-0.2, 0) is 9.53 Å². The molecule has 78 valence electrons. The molecule has 3 nitrogen and oxygen atoms in total. The Morgan fingerprint density at radius 1 is 1.46 bits per heavy atom. The highest BCUT2D eigenvalue weighted by Gasteiger charge is 2.07. The molecule has 0 rings (SSSR count). The van der Waals surface area contributed by atoms with Gasteiger partial charge in [-0.25, -0.2) is 0 Å². The predicted octanol–water partition coefficient (Wildman–Crippen LogP) is 1.74. The molecule has 0 amide bonds. The van der Waals surface area contributed by atoms with Gasteiger partial charge in [0.2, 0.25) is 0 Å². The second-order valence-corrected chi connectivity index (χ2v) is 3.25. The number of hydrogen-bond donors (Lipinski definition) is 1. The van der Waals surface area contributed by atoms with E-state index in [1.54, 1.807) is 0 Å². The van der Waals surface area contributed by atoms with Crippen LogP contribution >= 0.6 is 0 Å². The number of aliphatic hydroxyl groups excluding tert-OH is 1. The molecule has 3 heteroatoms. The van der Waals surface area contributed by atoms with E-state index in [-0.39, 0.29) is 12.6 Å². The molecule has 0 aromatic heterocycles. The number of carbonyl (C=O) groups is 1. The topological polar surface area (TPSA) is 46.5 Å². The van der Waals surface area contributed by atoms with Gasteiger partial charge in [0.05, 0.1) is 7.11 Å². The summed E-state index contributed by atoms with van der Waals surface area (Å²) in [6.45, 7) is 2.36. The monoisotopic (exact) mass is 188 g/mol. The highest BCUT2D eigenvalue weighted by Crippen LogP contribution is 2.15. The lowest BCUT2D eigenvalue weighted by Crippen LogP contribution is -2.05. The van der Waals surface area contributed by atoms with Gasteiger partial charge in [0.25, 0.3) is 0 Å². The molecule has 0 fully saturated rings. The third-order valence-corrected chi connectivity index (χ3v) is 2.34. The van der Waals surface area contributed by atoms with Gasteiger partial charge in [-0.2, -0.15) is 0 Å². The summed E-state index contributed by atoms with van der Waals surface area (Å²) in [6, 6.07) is 0. The Hall–Kier alpha value is -0.570. The summed E-state index contributed by atoms with van der Waals surface area (Å²) in [5.74, 6) is 0.411. The van der Waals surface area contributed by atoms with Crippen LogP contribution in [0.1, 0.15) is 39.0 Å². The molecule has 0 aromatic rings. The Balaban J connectivity index is 3.42. The molecule has 0 radical (unpaired) electrons. The summed E-state index contributed by atoms with van der Waals surface area (Å²) in [5, 5.41) is 8.73. The zero-order chi connectivity index (χ0) is 10.1. The summed E-state index contributed by atoms with van der Waals surface area (Å²) in [7, 11) is 1.41. The largest absolute Gasteiger partial charge is 0.469 e. The van der Waals surface area contributed by atoms with Gasteiger partial charge in [-0.3, -0.25) is 4.79 Å². The Morgan fingerprint density at radius 3 is 2.62 bits per heavy atom. The molecule has 0 unspecified atom stereocenters. The van der Waals surface area contributed by atoms with Crippen LogP contribution in [0.25, 0.3) is 0 Å². The van der Waals surface area contributed by atoms with Crippen LogP contribution in [0.2, 0.25) is 0 Å². The van der Waals surface area contributed by atoms with E-state index in [1.165, 1.54) is 7.11 Å². The Labute approximate surface area is 80.1 Å². The van der Waals surface area contributed by atoms with E-state index in [1.807, 2.05) is 0 Å². The van der Waals surface area contributed by atoms with Crippen molar-refractivity contribution in [2.45, 2.75) is 39.0 Å². The zero-order valence-electron chi connectivity index (χ0n) is 8.58. The predicted molar refractivity (Wildman–Crippen MR) is 51.4 cm³/mol. The number of methoxy groups -OCH3 is 1. The van der Waals surface area contributed by atoms with Gasteiger partial charge < -0.3 is 9.84 Å². The standard InChI is InChI=1S/C10H20O3/c1-3-9(7-8-11)5-4-6-10(12)13-2/h9,11H,3-8H2,1-2H3/t9-/m0/s1. The third kappa shape index (κ3) is 6.58. The molecule has 0 aliphatic rings.